The number of anilines is 1. The molecule has 9 nitrogen and oxygen atoms in total. The molecule has 0 bridgehead atoms. The largest absolute Gasteiger partial charge is 0.492 e. The van der Waals surface area contributed by atoms with Crippen LogP contribution >= 0.6 is 0 Å². The van der Waals surface area contributed by atoms with Gasteiger partial charge >= 0.3 is 0 Å². The minimum Gasteiger partial charge on any atom is -0.492 e. The lowest BCUT2D eigenvalue weighted by Gasteiger charge is -2.16. The van der Waals surface area contributed by atoms with E-state index < -0.39 is 15.9 Å². The van der Waals surface area contributed by atoms with Crippen molar-refractivity contribution >= 4 is 21.6 Å². The molecule has 0 spiro atoms. The zero-order valence-electron chi connectivity index (χ0n) is 18.5. The monoisotopic (exact) mass is 471 g/mol. The predicted octanol–water partition coefficient (Wildman–Crippen LogP) is 3.54. The molecule has 0 saturated heterocycles. The van der Waals surface area contributed by atoms with E-state index in [4.69, 9.17) is 14.2 Å². The Kier molecular flexibility index (Phi) is 7.86. The SMILES string of the molecule is CCOc1ccc(NC(=O)COc2ccc(Oc3ccccn3)cc2)cc1S(=O)(=O)N(C)C. The summed E-state index contributed by atoms with van der Waals surface area (Å²) in [7, 11) is -0.906. The van der Waals surface area contributed by atoms with Gasteiger partial charge in [-0.1, -0.05) is 6.07 Å². The van der Waals surface area contributed by atoms with Crippen LogP contribution in [0.5, 0.6) is 23.1 Å². The van der Waals surface area contributed by atoms with Crippen molar-refractivity contribution in [1.82, 2.24) is 9.29 Å². The van der Waals surface area contributed by atoms with Gasteiger partial charge in [0.1, 0.15) is 22.1 Å². The number of rotatable bonds is 10. The molecule has 33 heavy (non-hydrogen) atoms. The Morgan fingerprint density at radius 1 is 1.00 bits per heavy atom. The van der Waals surface area contributed by atoms with Gasteiger partial charge in [0.15, 0.2) is 6.61 Å². The standard InChI is InChI=1S/C23H25N3O6S/c1-4-30-20-13-8-17(15-21(20)33(28,29)26(2)3)25-22(27)16-31-18-9-11-19(12-10-18)32-23-7-5-6-14-24-23/h5-15H,4,16H2,1-3H3,(H,25,27). The molecule has 0 aliphatic carbocycles. The van der Waals surface area contributed by atoms with Gasteiger partial charge in [-0.15, -0.1) is 0 Å². The maximum atomic E-state index is 12.6. The van der Waals surface area contributed by atoms with Crippen LogP contribution in [0.4, 0.5) is 5.69 Å². The first-order valence-corrected chi connectivity index (χ1v) is 11.5. The number of sulfonamides is 1. The molecule has 174 valence electrons. The number of nitrogens with one attached hydrogen (secondary N) is 1. The summed E-state index contributed by atoms with van der Waals surface area (Å²) in [5, 5.41) is 2.64. The van der Waals surface area contributed by atoms with Gasteiger partial charge in [-0.25, -0.2) is 17.7 Å². The fraction of sp³-hybridized carbons (Fsp3) is 0.217. The Hall–Kier alpha value is -3.63. The average Bonchev–Trinajstić information content (AvgIpc) is 2.80. The van der Waals surface area contributed by atoms with E-state index in [0.717, 1.165) is 4.31 Å². The molecule has 3 rings (SSSR count). The van der Waals surface area contributed by atoms with Crippen LogP contribution in [-0.2, 0) is 14.8 Å². The predicted molar refractivity (Wildman–Crippen MR) is 123 cm³/mol. The molecule has 1 aromatic heterocycles. The number of hydrogen-bond acceptors (Lipinski definition) is 7. The number of nitrogens with zero attached hydrogens (tertiary/aromatic N) is 2. The van der Waals surface area contributed by atoms with Crippen molar-refractivity contribution in [3.05, 3.63) is 66.9 Å². The van der Waals surface area contributed by atoms with Crippen molar-refractivity contribution in [1.29, 1.82) is 0 Å². The first-order chi connectivity index (χ1) is 15.8. The van der Waals surface area contributed by atoms with Gasteiger partial charge in [-0.05, 0) is 55.5 Å². The van der Waals surface area contributed by atoms with E-state index >= 15 is 0 Å². The van der Waals surface area contributed by atoms with Gasteiger partial charge in [0.05, 0.1) is 6.61 Å². The molecule has 1 amide bonds. The van der Waals surface area contributed by atoms with Crippen LogP contribution in [0.1, 0.15) is 6.92 Å². The maximum absolute atomic E-state index is 12.6. The normalized spacial score (nSPS) is 11.2. The summed E-state index contributed by atoms with van der Waals surface area (Å²) in [4.78, 5) is 16.4. The molecule has 1 heterocycles. The zero-order valence-corrected chi connectivity index (χ0v) is 19.3. The topological polar surface area (TPSA) is 107 Å². The number of aromatic nitrogens is 1. The smallest absolute Gasteiger partial charge is 0.262 e. The van der Waals surface area contributed by atoms with Crippen molar-refractivity contribution in [2.75, 3.05) is 32.6 Å². The second-order valence-corrected chi connectivity index (χ2v) is 9.08. The van der Waals surface area contributed by atoms with Crippen molar-refractivity contribution < 1.29 is 27.4 Å². The van der Waals surface area contributed by atoms with Gasteiger partial charge in [-0.3, -0.25) is 4.79 Å². The molecular weight excluding hydrogens is 446 g/mol. The lowest BCUT2D eigenvalue weighted by molar-refractivity contribution is -0.118. The number of carbonyl (C=O) groups excluding carboxylic acids is 1. The number of hydrogen-bond donors (Lipinski definition) is 1. The Morgan fingerprint density at radius 3 is 2.36 bits per heavy atom. The van der Waals surface area contributed by atoms with Crippen LogP contribution in [0.2, 0.25) is 0 Å². The van der Waals surface area contributed by atoms with E-state index in [1.54, 1.807) is 55.6 Å². The summed E-state index contributed by atoms with van der Waals surface area (Å²) >= 11 is 0. The molecule has 0 unspecified atom stereocenters. The highest BCUT2D eigenvalue weighted by atomic mass is 32.2. The second kappa shape index (κ2) is 10.8. The van der Waals surface area contributed by atoms with Gasteiger partial charge in [0.25, 0.3) is 5.91 Å². The molecule has 0 aliphatic rings. The number of carbonyl (C=O) groups is 1. The van der Waals surface area contributed by atoms with E-state index in [9.17, 15) is 13.2 Å². The van der Waals surface area contributed by atoms with Crippen molar-refractivity contribution in [3.8, 4) is 23.1 Å². The summed E-state index contributed by atoms with van der Waals surface area (Å²) in [5.41, 5.74) is 0.312. The van der Waals surface area contributed by atoms with Crippen LogP contribution in [0.25, 0.3) is 0 Å². The van der Waals surface area contributed by atoms with Crippen LogP contribution in [-0.4, -0.2) is 50.9 Å². The van der Waals surface area contributed by atoms with E-state index in [0.29, 0.717) is 29.7 Å². The third-order valence-electron chi connectivity index (χ3n) is 4.34. The van der Waals surface area contributed by atoms with Crippen molar-refractivity contribution in [3.63, 3.8) is 0 Å². The van der Waals surface area contributed by atoms with Gasteiger partial charge in [0, 0.05) is 32.0 Å². The van der Waals surface area contributed by atoms with Gasteiger partial charge < -0.3 is 19.5 Å². The Labute approximate surface area is 193 Å². The fourth-order valence-corrected chi connectivity index (χ4v) is 3.79. The lowest BCUT2D eigenvalue weighted by atomic mass is 10.3. The lowest BCUT2D eigenvalue weighted by Crippen LogP contribution is -2.24. The highest BCUT2D eigenvalue weighted by Gasteiger charge is 2.23. The summed E-state index contributed by atoms with van der Waals surface area (Å²) in [6.07, 6.45) is 1.63. The molecule has 10 heteroatoms. The highest BCUT2D eigenvalue weighted by molar-refractivity contribution is 7.89. The summed E-state index contributed by atoms with van der Waals surface area (Å²) in [5.74, 6) is 1.29. The summed E-state index contributed by atoms with van der Waals surface area (Å²) < 4.78 is 42.9. The quantitative estimate of drug-likeness (QED) is 0.482. The van der Waals surface area contributed by atoms with Crippen molar-refractivity contribution in [2.45, 2.75) is 11.8 Å². The van der Waals surface area contributed by atoms with E-state index in [1.165, 1.54) is 26.2 Å². The van der Waals surface area contributed by atoms with Gasteiger partial charge in [0.2, 0.25) is 15.9 Å². The molecule has 2 aromatic carbocycles. The average molecular weight is 472 g/mol. The zero-order chi connectivity index (χ0) is 23.8. The molecule has 0 saturated carbocycles. The second-order valence-electron chi connectivity index (χ2n) is 6.96. The maximum Gasteiger partial charge on any atom is 0.262 e. The molecule has 0 atom stereocenters. The minimum atomic E-state index is -3.76. The Balaban J connectivity index is 1.61. The van der Waals surface area contributed by atoms with Crippen molar-refractivity contribution in [2.24, 2.45) is 0 Å². The molecule has 0 fully saturated rings. The Bertz CT molecular complexity index is 1180. The van der Waals surface area contributed by atoms with Crippen LogP contribution in [0.3, 0.4) is 0 Å². The third kappa shape index (κ3) is 6.43. The minimum absolute atomic E-state index is 0.0310. The number of amides is 1. The van der Waals surface area contributed by atoms with E-state index in [2.05, 4.69) is 10.3 Å². The molecule has 3 aromatic rings. The first kappa shape index (κ1) is 24.0. The van der Waals surface area contributed by atoms with Crippen LogP contribution in [0.15, 0.2) is 71.8 Å². The summed E-state index contributed by atoms with van der Waals surface area (Å²) in [6.45, 7) is 1.81. The molecule has 1 N–H and O–H groups in total. The van der Waals surface area contributed by atoms with Gasteiger partial charge in [-0.2, -0.15) is 0 Å². The van der Waals surface area contributed by atoms with Crippen LogP contribution < -0.4 is 19.5 Å². The molecular formula is C23H25N3O6S. The molecule has 0 aliphatic heterocycles. The number of benzene rings is 2. The number of ether oxygens (including phenoxy) is 3. The number of pyridine rings is 1. The van der Waals surface area contributed by atoms with Crippen LogP contribution in [0, 0.1) is 0 Å². The third-order valence-corrected chi connectivity index (χ3v) is 6.18. The highest BCUT2D eigenvalue weighted by Crippen LogP contribution is 2.29. The molecule has 0 radical (unpaired) electrons. The summed E-state index contributed by atoms with van der Waals surface area (Å²) in [6, 6.07) is 16.5. The van der Waals surface area contributed by atoms with E-state index in [-0.39, 0.29) is 17.3 Å². The first-order valence-electron chi connectivity index (χ1n) is 10.1. The van der Waals surface area contributed by atoms with E-state index in [1.807, 2.05) is 6.07 Å². The Morgan fingerprint density at radius 2 is 1.73 bits per heavy atom. The fourth-order valence-electron chi connectivity index (χ4n) is 2.74.